The lowest BCUT2D eigenvalue weighted by molar-refractivity contribution is -0.132. The summed E-state index contributed by atoms with van der Waals surface area (Å²) in [5.74, 6) is 0.0650. The van der Waals surface area contributed by atoms with Crippen LogP contribution in [0.25, 0.3) is 10.4 Å². The number of thiophene rings is 1. The number of piperazine rings is 1. The molecule has 0 spiro atoms. The molecule has 0 N–H and O–H groups in total. The van der Waals surface area contributed by atoms with Gasteiger partial charge < -0.3 is 4.90 Å². The van der Waals surface area contributed by atoms with E-state index in [4.69, 9.17) is 0 Å². The highest BCUT2D eigenvalue weighted by Crippen LogP contribution is 2.30. The molecule has 2 aromatic rings. The third-order valence-electron chi connectivity index (χ3n) is 4.21. The summed E-state index contributed by atoms with van der Waals surface area (Å²) in [5, 5.41) is 0. The maximum atomic E-state index is 13.9. The fourth-order valence-corrected chi connectivity index (χ4v) is 3.95. The molecule has 0 atom stereocenters. The summed E-state index contributed by atoms with van der Waals surface area (Å²) in [6.07, 6.45) is 0.580. The predicted octanol–water partition coefficient (Wildman–Crippen LogP) is 3.61. The second-order valence-corrected chi connectivity index (χ2v) is 6.92. The van der Waals surface area contributed by atoms with Crippen LogP contribution in [0.1, 0.15) is 18.2 Å². The van der Waals surface area contributed by atoms with Crippen molar-refractivity contribution in [3.63, 3.8) is 0 Å². The van der Waals surface area contributed by atoms with Gasteiger partial charge in [0.1, 0.15) is 5.82 Å². The van der Waals surface area contributed by atoms with Gasteiger partial charge in [0, 0.05) is 54.5 Å². The van der Waals surface area contributed by atoms with Crippen LogP contribution in [0.5, 0.6) is 0 Å². The van der Waals surface area contributed by atoms with Crippen LogP contribution in [0.2, 0.25) is 0 Å². The van der Waals surface area contributed by atoms with Gasteiger partial charge in [0.25, 0.3) is 0 Å². The Morgan fingerprint density at radius 2 is 1.87 bits per heavy atom. The maximum absolute atomic E-state index is 13.9. The van der Waals surface area contributed by atoms with Crippen LogP contribution in [0, 0.1) is 5.82 Å². The summed E-state index contributed by atoms with van der Waals surface area (Å²) in [5.41, 5.74) is 0.669. The molecule has 1 aromatic carbocycles. The number of halogens is 1. The maximum Gasteiger partial charge on any atom is 0.222 e. The Hall–Kier alpha value is -1.72. The minimum absolute atomic E-state index is 0.174. The van der Waals surface area contributed by atoms with Crippen molar-refractivity contribution in [3.8, 4) is 10.4 Å². The van der Waals surface area contributed by atoms with Crippen molar-refractivity contribution in [2.75, 3.05) is 26.2 Å². The summed E-state index contributed by atoms with van der Waals surface area (Å²) < 4.78 is 13.9. The van der Waals surface area contributed by atoms with Crippen molar-refractivity contribution >= 4 is 17.2 Å². The molecule has 0 radical (unpaired) electrons. The van der Waals surface area contributed by atoms with Crippen LogP contribution < -0.4 is 0 Å². The summed E-state index contributed by atoms with van der Waals surface area (Å²) in [6.45, 7) is 6.19. The number of hydrogen-bond donors (Lipinski definition) is 0. The molecule has 23 heavy (non-hydrogen) atoms. The van der Waals surface area contributed by atoms with E-state index in [1.807, 2.05) is 30.0 Å². The van der Waals surface area contributed by atoms with Crippen LogP contribution in [0.4, 0.5) is 4.39 Å². The Balaban J connectivity index is 1.60. The van der Waals surface area contributed by atoms with Crippen LogP contribution in [0.15, 0.2) is 36.4 Å². The van der Waals surface area contributed by atoms with Gasteiger partial charge >= 0.3 is 0 Å². The molecule has 0 unspecified atom stereocenters. The molecule has 0 bridgehead atoms. The smallest absolute Gasteiger partial charge is 0.222 e. The molecule has 2 heterocycles. The summed E-state index contributed by atoms with van der Waals surface area (Å²) >= 11 is 1.64. The lowest BCUT2D eigenvalue weighted by atomic mass is 10.2. The Bertz CT molecular complexity index is 677. The normalized spacial score (nSPS) is 15.8. The third-order valence-corrected chi connectivity index (χ3v) is 5.31. The topological polar surface area (TPSA) is 23.6 Å². The molecule has 5 heteroatoms. The summed E-state index contributed by atoms with van der Waals surface area (Å²) in [6, 6.07) is 11.0. The molecule has 3 rings (SSSR count). The zero-order chi connectivity index (χ0) is 16.2. The molecular weight excluding hydrogens is 311 g/mol. The van der Waals surface area contributed by atoms with Gasteiger partial charge in [-0.25, -0.2) is 4.39 Å². The Labute approximate surface area is 140 Å². The van der Waals surface area contributed by atoms with Crippen molar-refractivity contribution in [2.24, 2.45) is 0 Å². The highest BCUT2D eigenvalue weighted by atomic mass is 32.1. The summed E-state index contributed by atoms with van der Waals surface area (Å²) in [4.78, 5) is 18.2. The van der Waals surface area contributed by atoms with Gasteiger partial charge in [-0.2, -0.15) is 0 Å². The average molecular weight is 332 g/mol. The minimum atomic E-state index is -0.174. The monoisotopic (exact) mass is 332 g/mol. The minimum Gasteiger partial charge on any atom is -0.340 e. The van der Waals surface area contributed by atoms with E-state index in [1.54, 1.807) is 17.4 Å². The van der Waals surface area contributed by atoms with Crippen LogP contribution >= 0.6 is 11.3 Å². The van der Waals surface area contributed by atoms with Gasteiger partial charge in [-0.05, 0) is 18.2 Å². The molecule has 1 aliphatic rings. The molecule has 122 valence electrons. The van der Waals surface area contributed by atoms with Gasteiger partial charge in [-0.1, -0.05) is 25.1 Å². The van der Waals surface area contributed by atoms with E-state index in [1.165, 1.54) is 10.9 Å². The van der Waals surface area contributed by atoms with Gasteiger partial charge in [0.05, 0.1) is 0 Å². The van der Waals surface area contributed by atoms with E-state index in [0.29, 0.717) is 12.0 Å². The van der Waals surface area contributed by atoms with Gasteiger partial charge in [-0.3, -0.25) is 9.69 Å². The van der Waals surface area contributed by atoms with Gasteiger partial charge in [0.15, 0.2) is 0 Å². The zero-order valence-electron chi connectivity index (χ0n) is 13.3. The van der Waals surface area contributed by atoms with E-state index >= 15 is 0 Å². The molecule has 1 amide bonds. The number of amides is 1. The molecule has 1 aromatic heterocycles. The van der Waals surface area contributed by atoms with Crippen LogP contribution in [-0.2, 0) is 11.3 Å². The SMILES string of the molecule is CCC(=O)N1CCN(Cc2ccc(-c3ccccc3F)s2)CC1. The van der Waals surface area contributed by atoms with E-state index in [-0.39, 0.29) is 11.7 Å². The highest BCUT2D eigenvalue weighted by Gasteiger charge is 2.20. The van der Waals surface area contributed by atoms with Crippen molar-refractivity contribution < 1.29 is 9.18 Å². The largest absolute Gasteiger partial charge is 0.340 e. The first-order chi connectivity index (χ1) is 11.2. The third kappa shape index (κ3) is 3.79. The van der Waals surface area contributed by atoms with Gasteiger partial charge in [-0.15, -0.1) is 11.3 Å². The summed E-state index contributed by atoms with van der Waals surface area (Å²) in [7, 11) is 0. The number of hydrogen-bond acceptors (Lipinski definition) is 3. The number of benzene rings is 1. The van der Waals surface area contributed by atoms with Gasteiger partial charge in [0.2, 0.25) is 5.91 Å². The lowest BCUT2D eigenvalue weighted by Gasteiger charge is -2.34. The standard InChI is InChI=1S/C18H21FN2OS/c1-2-18(22)21-11-9-20(10-12-21)13-14-7-8-17(23-14)15-5-3-4-6-16(15)19/h3-8H,2,9-13H2,1H3. The highest BCUT2D eigenvalue weighted by molar-refractivity contribution is 7.15. The zero-order valence-corrected chi connectivity index (χ0v) is 14.1. The fraction of sp³-hybridized carbons (Fsp3) is 0.389. The Kier molecular flexibility index (Phi) is 5.08. The fourth-order valence-electron chi connectivity index (χ4n) is 2.87. The van der Waals surface area contributed by atoms with Crippen molar-refractivity contribution in [2.45, 2.75) is 19.9 Å². The molecule has 0 aliphatic carbocycles. The molecule has 3 nitrogen and oxygen atoms in total. The van der Waals surface area contributed by atoms with Crippen LogP contribution in [-0.4, -0.2) is 41.9 Å². The molecular formula is C18H21FN2OS. The van der Waals surface area contributed by atoms with E-state index in [0.717, 1.165) is 37.6 Å². The Morgan fingerprint density at radius 3 is 2.57 bits per heavy atom. The second-order valence-electron chi connectivity index (χ2n) is 5.76. The van der Waals surface area contributed by atoms with Crippen LogP contribution in [0.3, 0.4) is 0 Å². The molecule has 1 saturated heterocycles. The first-order valence-electron chi connectivity index (χ1n) is 8.01. The molecule has 1 fully saturated rings. The van der Waals surface area contributed by atoms with E-state index in [9.17, 15) is 9.18 Å². The quantitative estimate of drug-likeness (QED) is 0.854. The lowest BCUT2D eigenvalue weighted by Crippen LogP contribution is -2.48. The molecule has 0 saturated carbocycles. The predicted molar refractivity (Wildman–Crippen MR) is 91.9 cm³/mol. The van der Waals surface area contributed by atoms with E-state index < -0.39 is 0 Å². The van der Waals surface area contributed by atoms with E-state index in [2.05, 4.69) is 11.0 Å². The first kappa shape index (κ1) is 16.1. The number of carbonyl (C=O) groups excluding carboxylic acids is 1. The number of rotatable bonds is 4. The van der Waals surface area contributed by atoms with Crippen molar-refractivity contribution in [1.82, 2.24) is 9.80 Å². The Morgan fingerprint density at radius 1 is 1.13 bits per heavy atom. The van der Waals surface area contributed by atoms with Crippen molar-refractivity contribution in [1.29, 1.82) is 0 Å². The average Bonchev–Trinajstić information content (AvgIpc) is 3.03. The number of nitrogens with zero attached hydrogens (tertiary/aromatic N) is 2. The second kappa shape index (κ2) is 7.23. The number of carbonyl (C=O) groups is 1. The molecule has 1 aliphatic heterocycles. The van der Waals surface area contributed by atoms with Crippen molar-refractivity contribution in [3.05, 3.63) is 47.1 Å². The first-order valence-corrected chi connectivity index (χ1v) is 8.82.